The fourth-order valence-corrected chi connectivity index (χ4v) is 5.35. The fourth-order valence-electron chi connectivity index (χ4n) is 4.59. The molecule has 1 heterocycles. The second-order valence-electron chi connectivity index (χ2n) is 8.18. The van der Waals surface area contributed by atoms with Crippen LogP contribution < -0.4 is 4.90 Å². The second kappa shape index (κ2) is 8.93. The average molecular weight is 615 g/mol. The van der Waals surface area contributed by atoms with Crippen molar-refractivity contribution in [2.45, 2.75) is 0 Å². The highest BCUT2D eigenvalue weighted by Gasteiger charge is 2.17. The van der Waals surface area contributed by atoms with Gasteiger partial charge in [0, 0.05) is 41.6 Å². The lowest BCUT2D eigenvalue weighted by Gasteiger charge is -2.25. The first-order valence-corrected chi connectivity index (χ1v) is 13.0. The number of hydrogen-bond donors (Lipinski definition) is 0. The number of halogens is 2. The van der Waals surface area contributed by atoms with E-state index in [9.17, 15) is 0 Å². The van der Waals surface area contributed by atoms with Crippen molar-refractivity contribution < 1.29 is 0 Å². The first kappa shape index (κ1) is 21.4. The number of nitrogens with zero attached hydrogens (tertiary/aromatic N) is 2. The Labute approximate surface area is 220 Å². The third-order valence-corrected chi connectivity index (χ3v) is 7.28. The van der Waals surface area contributed by atoms with E-state index in [-0.39, 0.29) is 0 Å². The standard InChI is InChI=1S/C30H20BrIN2/c31-21-11-14-25(15-12-21)34-29-17-13-22(32)19-27(29)28-20-26(16-18-30(28)34)33(23-7-3-1-4-8-23)24-9-5-2-6-10-24/h1-20H. The van der Waals surface area contributed by atoms with Crippen LogP contribution in [0.2, 0.25) is 0 Å². The molecule has 0 N–H and O–H groups in total. The molecule has 164 valence electrons. The van der Waals surface area contributed by atoms with Gasteiger partial charge in [-0.15, -0.1) is 0 Å². The van der Waals surface area contributed by atoms with Gasteiger partial charge in [-0.2, -0.15) is 0 Å². The number of anilines is 3. The molecule has 5 aromatic carbocycles. The normalized spacial score (nSPS) is 11.2. The summed E-state index contributed by atoms with van der Waals surface area (Å²) in [6, 6.07) is 43.1. The van der Waals surface area contributed by atoms with Crippen LogP contribution in [0.5, 0.6) is 0 Å². The van der Waals surface area contributed by atoms with Gasteiger partial charge in [0.15, 0.2) is 0 Å². The molecule has 6 rings (SSSR count). The van der Waals surface area contributed by atoms with E-state index in [1.165, 1.54) is 25.4 Å². The van der Waals surface area contributed by atoms with E-state index >= 15 is 0 Å². The number of rotatable bonds is 4. The van der Waals surface area contributed by atoms with Gasteiger partial charge in [0.1, 0.15) is 0 Å². The minimum atomic E-state index is 1.08. The molecule has 0 aliphatic heterocycles. The van der Waals surface area contributed by atoms with Gasteiger partial charge in [-0.25, -0.2) is 0 Å². The Bertz CT molecular complexity index is 1570. The molecule has 1 aromatic heterocycles. The van der Waals surface area contributed by atoms with Crippen LogP contribution in [-0.4, -0.2) is 4.57 Å². The van der Waals surface area contributed by atoms with Crippen LogP contribution in [0.3, 0.4) is 0 Å². The lowest BCUT2D eigenvalue weighted by molar-refractivity contribution is 1.18. The van der Waals surface area contributed by atoms with Crippen molar-refractivity contribution in [3.05, 3.63) is 129 Å². The van der Waals surface area contributed by atoms with Crippen LogP contribution in [0, 0.1) is 3.57 Å². The maximum Gasteiger partial charge on any atom is 0.0542 e. The first-order valence-electron chi connectivity index (χ1n) is 11.1. The quantitative estimate of drug-likeness (QED) is 0.179. The summed E-state index contributed by atoms with van der Waals surface area (Å²) in [6.45, 7) is 0. The second-order valence-corrected chi connectivity index (χ2v) is 10.3. The van der Waals surface area contributed by atoms with E-state index in [1.54, 1.807) is 0 Å². The minimum Gasteiger partial charge on any atom is -0.310 e. The molecule has 0 spiro atoms. The molecule has 0 bridgehead atoms. The summed E-state index contributed by atoms with van der Waals surface area (Å²) in [4.78, 5) is 2.32. The fraction of sp³-hybridized carbons (Fsp3) is 0. The molecule has 6 aromatic rings. The largest absolute Gasteiger partial charge is 0.310 e. The van der Waals surface area contributed by atoms with Crippen LogP contribution in [-0.2, 0) is 0 Å². The lowest BCUT2D eigenvalue weighted by atomic mass is 10.1. The molecule has 0 atom stereocenters. The van der Waals surface area contributed by atoms with Gasteiger partial charge < -0.3 is 9.47 Å². The number of fused-ring (bicyclic) bond motifs is 3. The Hall–Kier alpha value is -3.09. The number of para-hydroxylation sites is 2. The molecule has 2 nitrogen and oxygen atoms in total. The molecule has 0 saturated heterocycles. The topological polar surface area (TPSA) is 8.17 Å². The molecule has 0 radical (unpaired) electrons. The molecular formula is C30H20BrIN2. The minimum absolute atomic E-state index is 1.08. The highest BCUT2D eigenvalue weighted by atomic mass is 127. The van der Waals surface area contributed by atoms with Crippen molar-refractivity contribution in [3.63, 3.8) is 0 Å². The Morgan fingerprint density at radius 1 is 0.559 bits per heavy atom. The highest BCUT2D eigenvalue weighted by Crippen LogP contribution is 2.39. The number of aromatic nitrogens is 1. The lowest BCUT2D eigenvalue weighted by Crippen LogP contribution is -2.09. The molecular weight excluding hydrogens is 595 g/mol. The first-order chi connectivity index (χ1) is 16.7. The summed E-state index contributed by atoms with van der Waals surface area (Å²) in [6.07, 6.45) is 0. The van der Waals surface area contributed by atoms with Crippen LogP contribution in [0.25, 0.3) is 27.5 Å². The third-order valence-electron chi connectivity index (χ3n) is 6.08. The zero-order chi connectivity index (χ0) is 23.1. The summed E-state index contributed by atoms with van der Waals surface area (Å²) in [5.41, 5.74) is 6.97. The van der Waals surface area contributed by atoms with Crippen LogP contribution in [0.1, 0.15) is 0 Å². The van der Waals surface area contributed by atoms with E-state index in [2.05, 4.69) is 169 Å². The zero-order valence-corrected chi connectivity index (χ0v) is 21.9. The van der Waals surface area contributed by atoms with Gasteiger partial charge in [-0.3, -0.25) is 0 Å². The molecule has 0 amide bonds. The van der Waals surface area contributed by atoms with Gasteiger partial charge in [0.2, 0.25) is 0 Å². The summed E-state index contributed by atoms with van der Waals surface area (Å²) in [5.74, 6) is 0. The van der Waals surface area contributed by atoms with E-state index in [0.29, 0.717) is 0 Å². The number of benzene rings is 5. The summed E-state index contributed by atoms with van der Waals surface area (Å²) >= 11 is 5.98. The molecule has 34 heavy (non-hydrogen) atoms. The molecule has 0 unspecified atom stereocenters. The Morgan fingerprint density at radius 2 is 1.12 bits per heavy atom. The number of hydrogen-bond acceptors (Lipinski definition) is 1. The Morgan fingerprint density at radius 3 is 1.74 bits per heavy atom. The molecule has 0 aliphatic carbocycles. The van der Waals surface area contributed by atoms with Crippen LogP contribution in [0.4, 0.5) is 17.1 Å². The van der Waals surface area contributed by atoms with Crippen LogP contribution in [0.15, 0.2) is 126 Å². The SMILES string of the molecule is Brc1ccc(-n2c3ccc(I)cc3c3cc(N(c4ccccc4)c4ccccc4)ccc32)cc1. The van der Waals surface area contributed by atoms with Gasteiger partial charge in [0.05, 0.1) is 11.0 Å². The van der Waals surface area contributed by atoms with Crippen molar-refractivity contribution in [1.82, 2.24) is 4.57 Å². The van der Waals surface area contributed by atoms with E-state index in [0.717, 1.165) is 27.2 Å². The van der Waals surface area contributed by atoms with Crippen LogP contribution >= 0.6 is 38.5 Å². The summed E-state index contributed by atoms with van der Waals surface area (Å²) in [7, 11) is 0. The average Bonchev–Trinajstić information content (AvgIpc) is 3.19. The third kappa shape index (κ3) is 3.81. The molecule has 4 heteroatoms. The van der Waals surface area contributed by atoms with Gasteiger partial charge in [-0.1, -0.05) is 52.3 Å². The van der Waals surface area contributed by atoms with Gasteiger partial charge in [0.25, 0.3) is 0 Å². The van der Waals surface area contributed by atoms with Gasteiger partial charge in [-0.05, 0) is 108 Å². The predicted molar refractivity (Wildman–Crippen MR) is 156 cm³/mol. The Balaban J connectivity index is 1.63. The van der Waals surface area contributed by atoms with Crippen molar-refractivity contribution in [3.8, 4) is 5.69 Å². The monoisotopic (exact) mass is 614 g/mol. The van der Waals surface area contributed by atoms with E-state index in [4.69, 9.17) is 0 Å². The summed E-state index contributed by atoms with van der Waals surface area (Å²) in [5, 5.41) is 2.50. The van der Waals surface area contributed by atoms with Crippen molar-refractivity contribution in [2.24, 2.45) is 0 Å². The predicted octanol–water partition coefficient (Wildman–Crippen LogP) is 9.62. The van der Waals surface area contributed by atoms with Crippen molar-refractivity contribution in [2.75, 3.05) is 4.90 Å². The molecule has 0 fully saturated rings. The Kier molecular flexibility index (Phi) is 5.63. The van der Waals surface area contributed by atoms with Gasteiger partial charge >= 0.3 is 0 Å². The highest BCUT2D eigenvalue weighted by molar-refractivity contribution is 14.1. The zero-order valence-electron chi connectivity index (χ0n) is 18.2. The maximum atomic E-state index is 3.57. The summed E-state index contributed by atoms with van der Waals surface area (Å²) < 4.78 is 4.66. The molecule has 0 saturated carbocycles. The van der Waals surface area contributed by atoms with Crippen molar-refractivity contribution >= 4 is 77.4 Å². The van der Waals surface area contributed by atoms with E-state index in [1.807, 2.05) is 0 Å². The van der Waals surface area contributed by atoms with Crippen molar-refractivity contribution in [1.29, 1.82) is 0 Å². The van der Waals surface area contributed by atoms with E-state index < -0.39 is 0 Å². The molecule has 0 aliphatic rings. The smallest absolute Gasteiger partial charge is 0.0542 e. The maximum absolute atomic E-state index is 3.57.